The van der Waals surface area contributed by atoms with Crippen LogP contribution in [0, 0.1) is 5.92 Å². The smallest absolute Gasteiger partial charge is 0.0515 e. The van der Waals surface area contributed by atoms with E-state index in [4.69, 9.17) is 5.11 Å². The van der Waals surface area contributed by atoms with E-state index < -0.39 is 0 Å². The number of likely N-dealkylation sites (tertiary alicyclic amines) is 1. The van der Waals surface area contributed by atoms with Crippen LogP contribution in [0.5, 0.6) is 0 Å². The average Bonchev–Trinajstić information content (AvgIpc) is 2.34. The van der Waals surface area contributed by atoms with Crippen LogP contribution in [-0.4, -0.2) is 35.7 Å². The highest BCUT2D eigenvalue weighted by Crippen LogP contribution is 2.20. The first-order chi connectivity index (χ1) is 5.22. The van der Waals surface area contributed by atoms with Crippen molar-refractivity contribution in [3.8, 4) is 0 Å². The van der Waals surface area contributed by atoms with Crippen molar-refractivity contribution in [3.63, 3.8) is 0 Å². The average molecular weight is 157 g/mol. The molecule has 2 unspecified atom stereocenters. The summed E-state index contributed by atoms with van der Waals surface area (Å²) in [5, 5.41) is 9.15. The monoisotopic (exact) mass is 157 g/mol. The van der Waals surface area contributed by atoms with Crippen LogP contribution in [0.4, 0.5) is 0 Å². The number of rotatable bonds is 3. The summed E-state index contributed by atoms with van der Waals surface area (Å²) < 4.78 is 0. The lowest BCUT2D eigenvalue weighted by atomic mass is 10.0. The van der Waals surface area contributed by atoms with E-state index in [0.29, 0.717) is 0 Å². The number of aliphatic hydroxyl groups excluding tert-OH is 1. The lowest BCUT2D eigenvalue weighted by Gasteiger charge is -2.13. The molecule has 0 amide bonds. The van der Waals surface area contributed by atoms with Gasteiger partial charge < -0.3 is 10.0 Å². The third-order valence-electron chi connectivity index (χ3n) is 2.49. The zero-order valence-electron chi connectivity index (χ0n) is 7.58. The van der Waals surface area contributed by atoms with Crippen LogP contribution >= 0.6 is 0 Å². The molecular weight excluding hydrogens is 138 g/mol. The Labute approximate surface area is 69.2 Å². The largest absolute Gasteiger partial charge is 0.393 e. The van der Waals surface area contributed by atoms with Gasteiger partial charge in [-0.15, -0.1) is 0 Å². The molecule has 1 aliphatic rings. The number of hydrogen-bond donors (Lipinski definition) is 1. The maximum absolute atomic E-state index is 9.15. The van der Waals surface area contributed by atoms with Gasteiger partial charge in [0.25, 0.3) is 0 Å². The minimum absolute atomic E-state index is 0.114. The lowest BCUT2D eigenvalue weighted by Crippen LogP contribution is -2.20. The fourth-order valence-corrected chi connectivity index (χ4v) is 1.87. The van der Waals surface area contributed by atoms with Crippen molar-refractivity contribution in [1.82, 2.24) is 4.90 Å². The zero-order chi connectivity index (χ0) is 8.27. The number of nitrogens with zero attached hydrogens (tertiary/aromatic N) is 1. The van der Waals surface area contributed by atoms with Gasteiger partial charge in [0.1, 0.15) is 0 Å². The molecule has 2 atom stereocenters. The molecule has 1 N–H and O–H groups in total. The molecular formula is C9H19NO. The van der Waals surface area contributed by atoms with Gasteiger partial charge in [-0.1, -0.05) is 6.92 Å². The van der Waals surface area contributed by atoms with Crippen molar-refractivity contribution >= 4 is 0 Å². The topological polar surface area (TPSA) is 23.5 Å². The molecule has 0 bridgehead atoms. The maximum Gasteiger partial charge on any atom is 0.0515 e. The summed E-state index contributed by atoms with van der Waals surface area (Å²) in [5.74, 6) is 0.745. The van der Waals surface area contributed by atoms with E-state index in [9.17, 15) is 0 Å². The molecule has 1 aliphatic heterocycles. The first-order valence-corrected chi connectivity index (χ1v) is 4.62. The Balaban J connectivity index is 2.19. The molecule has 0 aromatic carbocycles. The summed E-state index contributed by atoms with van der Waals surface area (Å²) in [4.78, 5) is 2.45. The minimum atomic E-state index is -0.114. The first kappa shape index (κ1) is 9.01. The summed E-state index contributed by atoms with van der Waals surface area (Å²) in [7, 11) is 0. The van der Waals surface area contributed by atoms with E-state index >= 15 is 0 Å². The molecule has 2 nitrogen and oxygen atoms in total. The van der Waals surface area contributed by atoms with E-state index in [0.717, 1.165) is 18.9 Å². The van der Waals surface area contributed by atoms with Gasteiger partial charge >= 0.3 is 0 Å². The summed E-state index contributed by atoms with van der Waals surface area (Å²) in [5.41, 5.74) is 0. The van der Waals surface area contributed by atoms with Crippen LogP contribution in [0.2, 0.25) is 0 Å². The SMILES string of the molecule is CCN1CCC(CC(C)O)C1. The Hall–Kier alpha value is -0.0800. The van der Waals surface area contributed by atoms with Gasteiger partial charge in [-0.25, -0.2) is 0 Å². The summed E-state index contributed by atoms with van der Waals surface area (Å²) in [6, 6.07) is 0. The van der Waals surface area contributed by atoms with Gasteiger partial charge in [0, 0.05) is 6.54 Å². The second-order valence-corrected chi connectivity index (χ2v) is 3.63. The molecule has 1 fully saturated rings. The van der Waals surface area contributed by atoms with Crippen molar-refractivity contribution in [2.75, 3.05) is 19.6 Å². The fraction of sp³-hybridized carbons (Fsp3) is 1.00. The summed E-state index contributed by atoms with van der Waals surface area (Å²) in [6.45, 7) is 7.67. The van der Waals surface area contributed by atoms with Gasteiger partial charge in [-0.3, -0.25) is 0 Å². The molecule has 1 saturated heterocycles. The Morgan fingerprint density at radius 3 is 2.82 bits per heavy atom. The molecule has 1 heterocycles. The third kappa shape index (κ3) is 2.80. The van der Waals surface area contributed by atoms with Crippen LogP contribution in [0.25, 0.3) is 0 Å². The van der Waals surface area contributed by atoms with Gasteiger partial charge in [0.15, 0.2) is 0 Å². The van der Waals surface area contributed by atoms with Crippen LogP contribution in [0.1, 0.15) is 26.7 Å². The van der Waals surface area contributed by atoms with Crippen molar-refractivity contribution in [2.24, 2.45) is 5.92 Å². The van der Waals surface area contributed by atoms with E-state index in [1.807, 2.05) is 6.92 Å². The predicted molar refractivity (Wildman–Crippen MR) is 46.5 cm³/mol. The van der Waals surface area contributed by atoms with Crippen molar-refractivity contribution in [2.45, 2.75) is 32.8 Å². The molecule has 11 heavy (non-hydrogen) atoms. The standard InChI is InChI=1S/C9H19NO/c1-3-10-5-4-9(7-10)6-8(2)11/h8-9,11H,3-7H2,1-2H3. The molecule has 0 saturated carbocycles. The molecule has 0 aromatic rings. The zero-order valence-corrected chi connectivity index (χ0v) is 7.58. The van der Waals surface area contributed by atoms with E-state index in [2.05, 4.69) is 11.8 Å². The van der Waals surface area contributed by atoms with Crippen LogP contribution in [-0.2, 0) is 0 Å². The van der Waals surface area contributed by atoms with Crippen molar-refractivity contribution < 1.29 is 5.11 Å². The molecule has 66 valence electrons. The Kier molecular flexibility index (Phi) is 3.34. The molecule has 0 spiro atoms. The van der Waals surface area contributed by atoms with Gasteiger partial charge in [-0.2, -0.15) is 0 Å². The number of hydrogen-bond acceptors (Lipinski definition) is 2. The Bertz CT molecular complexity index is 114. The normalized spacial score (nSPS) is 29.2. The highest BCUT2D eigenvalue weighted by atomic mass is 16.3. The Morgan fingerprint density at radius 1 is 1.64 bits per heavy atom. The highest BCUT2D eigenvalue weighted by molar-refractivity contribution is 4.75. The van der Waals surface area contributed by atoms with Crippen LogP contribution < -0.4 is 0 Å². The molecule has 2 heteroatoms. The fourth-order valence-electron chi connectivity index (χ4n) is 1.87. The maximum atomic E-state index is 9.15. The molecule has 0 radical (unpaired) electrons. The second-order valence-electron chi connectivity index (χ2n) is 3.63. The Morgan fingerprint density at radius 2 is 2.36 bits per heavy atom. The van der Waals surface area contributed by atoms with Gasteiger partial charge in [0.05, 0.1) is 6.10 Å². The minimum Gasteiger partial charge on any atom is -0.393 e. The predicted octanol–water partition coefficient (Wildman–Crippen LogP) is 1.10. The van der Waals surface area contributed by atoms with Crippen LogP contribution in [0.15, 0.2) is 0 Å². The highest BCUT2D eigenvalue weighted by Gasteiger charge is 2.21. The van der Waals surface area contributed by atoms with E-state index in [1.54, 1.807) is 0 Å². The van der Waals surface area contributed by atoms with E-state index in [1.165, 1.54) is 19.5 Å². The number of aliphatic hydroxyl groups is 1. The van der Waals surface area contributed by atoms with Crippen molar-refractivity contribution in [1.29, 1.82) is 0 Å². The molecule has 0 aromatic heterocycles. The second kappa shape index (κ2) is 4.07. The van der Waals surface area contributed by atoms with Gasteiger partial charge in [0.2, 0.25) is 0 Å². The van der Waals surface area contributed by atoms with Gasteiger partial charge in [-0.05, 0) is 38.8 Å². The van der Waals surface area contributed by atoms with Crippen molar-refractivity contribution in [3.05, 3.63) is 0 Å². The molecule has 1 rings (SSSR count). The van der Waals surface area contributed by atoms with Crippen LogP contribution in [0.3, 0.4) is 0 Å². The summed E-state index contributed by atoms with van der Waals surface area (Å²) >= 11 is 0. The summed E-state index contributed by atoms with van der Waals surface area (Å²) in [6.07, 6.45) is 2.15. The van der Waals surface area contributed by atoms with E-state index in [-0.39, 0.29) is 6.10 Å². The third-order valence-corrected chi connectivity index (χ3v) is 2.49. The first-order valence-electron chi connectivity index (χ1n) is 4.62. The quantitative estimate of drug-likeness (QED) is 0.663. The molecule has 0 aliphatic carbocycles. The lowest BCUT2D eigenvalue weighted by molar-refractivity contribution is 0.160.